The Hall–Kier alpha value is -1.84. The van der Waals surface area contributed by atoms with Crippen LogP contribution >= 0.6 is 0 Å². The number of hydrogen-bond donors (Lipinski definition) is 2. The maximum Gasteiger partial charge on any atom is 0.125 e. The van der Waals surface area contributed by atoms with Gasteiger partial charge >= 0.3 is 0 Å². The lowest BCUT2D eigenvalue weighted by molar-refractivity contribution is 0.134. The van der Waals surface area contributed by atoms with Crippen molar-refractivity contribution in [2.45, 2.75) is 52.4 Å². The molecule has 2 rings (SSSR count). The second-order valence-electron chi connectivity index (χ2n) is 6.14. The Kier molecular flexibility index (Phi) is 6.20. The second-order valence-corrected chi connectivity index (χ2v) is 6.14. The van der Waals surface area contributed by atoms with Gasteiger partial charge in [-0.1, -0.05) is 55.8 Å². The molecule has 3 heteroatoms. The predicted molar refractivity (Wildman–Crippen MR) is 94.5 cm³/mol. The summed E-state index contributed by atoms with van der Waals surface area (Å²) < 4.78 is 5.99. The molecule has 124 valence electrons. The van der Waals surface area contributed by atoms with Gasteiger partial charge in [-0.2, -0.15) is 0 Å². The van der Waals surface area contributed by atoms with Crippen molar-refractivity contribution in [2.75, 3.05) is 0 Å². The van der Waals surface area contributed by atoms with E-state index in [0.29, 0.717) is 13.0 Å². The Morgan fingerprint density at radius 2 is 1.70 bits per heavy atom. The molecule has 0 amide bonds. The highest BCUT2D eigenvalue weighted by molar-refractivity contribution is 5.44. The molecule has 0 aliphatic heterocycles. The highest BCUT2D eigenvalue weighted by atomic mass is 16.5. The molecule has 0 saturated heterocycles. The van der Waals surface area contributed by atoms with E-state index in [1.807, 2.05) is 51.1 Å². The van der Waals surface area contributed by atoms with Crippen LogP contribution in [0.2, 0.25) is 0 Å². The molecule has 2 aromatic carbocycles. The summed E-state index contributed by atoms with van der Waals surface area (Å²) in [4.78, 5) is 0. The van der Waals surface area contributed by atoms with Gasteiger partial charge in [-0.15, -0.1) is 0 Å². The van der Waals surface area contributed by atoms with Gasteiger partial charge in [-0.25, -0.2) is 0 Å². The van der Waals surface area contributed by atoms with Crippen molar-refractivity contribution in [3.05, 3.63) is 64.7 Å². The SMILES string of the molecule is CCC[C@H](O)[C@H](N)c1cc(C)c(OCc2ccccc2)c(C)c1. The van der Waals surface area contributed by atoms with Gasteiger partial charge in [0.15, 0.2) is 0 Å². The number of aryl methyl sites for hydroxylation is 2. The summed E-state index contributed by atoms with van der Waals surface area (Å²) >= 11 is 0. The molecule has 0 saturated carbocycles. The largest absolute Gasteiger partial charge is 0.488 e. The normalized spacial score (nSPS) is 13.6. The third-order valence-electron chi connectivity index (χ3n) is 4.09. The Morgan fingerprint density at radius 1 is 1.09 bits per heavy atom. The molecule has 0 spiro atoms. The first-order valence-corrected chi connectivity index (χ1v) is 8.24. The molecule has 0 aliphatic rings. The maximum absolute atomic E-state index is 10.1. The molecule has 0 radical (unpaired) electrons. The molecule has 0 unspecified atom stereocenters. The van der Waals surface area contributed by atoms with Crippen molar-refractivity contribution in [3.63, 3.8) is 0 Å². The Morgan fingerprint density at radius 3 is 2.26 bits per heavy atom. The minimum absolute atomic E-state index is 0.351. The summed E-state index contributed by atoms with van der Waals surface area (Å²) in [7, 11) is 0. The van der Waals surface area contributed by atoms with Crippen molar-refractivity contribution in [2.24, 2.45) is 5.73 Å². The van der Waals surface area contributed by atoms with Crippen LogP contribution < -0.4 is 10.5 Å². The minimum atomic E-state index is -0.505. The summed E-state index contributed by atoms with van der Waals surface area (Å²) in [6.45, 7) is 6.64. The van der Waals surface area contributed by atoms with E-state index in [4.69, 9.17) is 10.5 Å². The third kappa shape index (κ3) is 4.57. The average molecular weight is 313 g/mol. The fourth-order valence-electron chi connectivity index (χ4n) is 2.83. The average Bonchev–Trinajstić information content (AvgIpc) is 2.54. The van der Waals surface area contributed by atoms with Gasteiger partial charge in [0.25, 0.3) is 0 Å². The zero-order valence-electron chi connectivity index (χ0n) is 14.3. The van der Waals surface area contributed by atoms with Gasteiger partial charge in [0.1, 0.15) is 12.4 Å². The summed E-state index contributed by atoms with van der Waals surface area (Å²) in [6.07, 6.45) is 1.13. The van der Waals surface area contributed by atoms with E-state index in [1.165, 1.54) is 0 Å². The van der Waals surface area contributed by atoms with Crippen molar-refractivity contribution in [1.82, 2.24) is 0 Å². The lowest BCUT2D eigenvalue weighted by atomic mass is 9.95. The summed E-state index contributed by atoms with van der Waals surface area (Å²) in [6, 6.07) is 13.8. The van der Waals surface area contributed by atoms with Crippen LogP contribution in [0.4, 0.5) is 0 Å². The lowest BCUT2D eigenvalue weighted by Crippen LogP contribution is -2.26. The molecule has 2 aromatic rings. The number of ether oxygens (including phenoxy) is 1. The molecule has 2 atom stereocenters. The van der Waals surface area contributed by atoms with E-state index in [2.05, 4.69) is 12.1 Å². The van der Waals surface area contributed by atoms with E-state index in [9.17, 15) is 5.11 Å². The topological polar surface area (TPSA) is 55.5 Å². The Balaban J connectivity index is 2.14. The van der Waals surface area contributed by atoms with Crippen LogP contribution in [0.5, 0.6) is 5.75 Å². The number of benzene rings is 2. The van der Waals surface area contributed by atoms with Crippen molar-refractivity contribution in [3.8, 4) is 5.75 Å². The molecular weight excluding hydrogens is 286 g/mol. The standard InChI is InChI=1S/C20H27NO2/c1-4-8-18(22)19(21)17-11-14(2)20(15(3)12-17)23-13-16-9-6-5-7-10-16/h5-7,9-12,18-19,22H,4,8,13,21H2,1-3H3/t18-,19+/m0/s1. The molecule has 0 heterocycles. The van der Waals surface area contributed by atoms with E-state index in [0.717, 1.165) is 34.4 Å². The Labute approximate surface area is 139 Å². The predicted octanol–water partition coefficient (Wildman–Crippen LogP) is 4.04. The van der Waals surface area contributed by atoms with Crippen LogP contribution in [0.1, 0.15) is 48.1 Å². The fourth-order valence-corrected chi connectivity index (χ4v) is 2.83. The monoisotopic (exact) mass is 313 g/mol. The van der Waals surface area contributed by atoms with Crippen LogP contribution in [0.15, 0.2) is 42.5 Å². The van der Waals surface area contributed by atoms with Crippen LogP contribution in [0.25, 0.3) is 0 Å². The first-order chi connectivity index (χ1) is 11.0. The minimum Gasteiger partial charge on any atom is -0.488 e. The van der Waals surface area contributed by atoms with Crippen molar-refractivity contribution < 1.29 is 9.84 Å². The third-order valence-corrected chi connectivity index (χ3v) is 4.09. The van der Waals surface area contributed by atoms with Gasteiger partial charge in [0.05, 0.1) is 12.1 Å². The van der Waals surface area contributed by atoms with E-state index >= 15 is 0 Å². The number of aliphatic hydroxyl groups excluding tert-OH is 1. The second kappa shape index (κ2) is 8.14. The smallest absolute Gasteiger partial charge is 0.125 e. The molecule has 23 heavy (non-hydrogen) atoms. The van der Waals surface area contributed by atoms with E-state index in [-0.39, 0.29) is 6.04 Å². The van der Waals surface area contributed by atoms with Gasteiger partial charge in [0.2, 0.25) is 0 Å². The van der Waals surface area contributed by atoms with Crippen LogP contribution in [0.3, 0.4) is 0 Å². The molecule has 0 aliphatic carbocycles. The van der Waals surface area contributed by atoms with Crippen molar-refractivity contribution in [1.29, 1.82) is 0 Å². The fraction of sp³-hybridized carbons (Fsp3) is 0.400. The molecule has 0 aromatic heterocycles. The van der Waals surface area contributed by atoms with Crippen molar-refractivity contribution >= 4 is 0 Å². The summed E-state index contributed by atoms with van der Waals surface area (Å²) in [5, 5.41) is 10.1. The number of aliphatic hydroxyl groups is 1. The summed E-state index contributed by atoms with van der Waals surface area (Å²) in [5.41, 5.74) is 10.4. The highest BCUT2D eigenvalue weighted by Gasteiger charge is 2.18. The molecule has 3 nitrogen and oxygen atoms in total. The van der Waals surface area contributed by atoms with Gasteiger partial charge in [-0.05, 0) is 42.5 Å². The zero-order chi connectivity index (χ0) is 16.8. The zero-order valence-corrected chi connectivity index (χ0v) is 14.3. The highest BCUT2D eigenvalue weighted by Crippen LogP contribution is 2.29. The van der Waals surface area contributed by atoms with Gasteiger partial charge in [-0.3, -0.25) is 0 Å². The van der Waals surface area contributed by atoms with Crippen LogP contribution in [0, 0.1) is 13.8 Å². The van der Waals surface area contributed by atoms with Gasteiger partial charge in [0, 0.05) is 0 Å². The first kappa shape index (κ1) is 17.5. The maximum atomic E-state index is 10.1. The molecule has 0 bridgehead atoms. The van der Waals surface area contributed by atoms with E-state index < -0.39 is 6.10 Å². The lowest BCUT2D eigenvalue weighted by Gasteiger charge is -2.21. The molecule has 3 N–H and O–H groups in total. The van der Waals surface area contributed by atoms with Gasteiger partial charge < -0.3 is 15.6 Å². The van der Waals surface area contributed by atoms with Crippen LogP contribution in [-0.4, -0.2) is 11.2 Å². The first-order valence-electron chi connectivity index (χ1n) is 8.24. The number of nitrogens with two attached hydrogens (primary N) is 1. The van der Waals surface area contributed by atoms with Crippen LogP contribution in [-0.2, 0) is 6.61 Å². The number of hydrogen-bond acceptors (Lipinski definition) is 3. The van der Waals surface area contributed by atoms with E-state index in [1.54, 1.807) is 0 Å². The molecule has 0 fully saturated rings. The summed E-state index contributed by atoms with van der Waals surface area (Å²) in [5.74, 6) is 0.898. The number of rotatable bonds is 7. The quantitative estimate of drug-likeness (QED) is 0.811. The molecular formula is C20H27NO2. The Bertz CT molecular complexity index is 602.